The lowest BCUT2D eigenvalue weighted by Crippen LogP contribution is -2.10. The Morgan fingerprint density at radius 1 is 1.41 bits per heavy atom. The number of nitrogens with zero attached hydrogens (tertiary/aromatic N) is 1. The van der Waals surface area contributed by atoms with E-state index in [1.54, 1.807) is 24.3 Å². The van der Waals surface area contributed by atoms with E-state index in [0.29, 0.717) is 0 Å². The van der Waals surface area contributed by atoms with Crippen molar-refractivity contribution in [1.29, 1.82) is 5.26 Å². The molecular formula is C12H10N2O2S. The molecular weight excluding hydrogens is 236 g/mol. The van der Waals surface area contributed by atoms with Gasteiger partial charge in [-0.05, 0) is 12.1 Å². The Morgan fingerprint density at radius 2 is 2.06 bits per heavy atom. The summed E-state index contributed by atoms with van der Waals surface area (Å²) in [6.07, 6.45) is 6.12. The van der Waals surface area contributed by atoms with Gasteiger partial charge in [0.2, 0.25) is 9.84 Å². The van der Waals surface area contributed by atoms with Crippen molar-refractivity contribution in [2.24, 2.45) is 0 Å². The molecule has 0 bridgehead atoms. The van der Waals surface area contributed by atoms with E-state index in [0.717, 1.165) is 6.20 Å². The van der Waals surface area contributed by atoms with Crippen molar-refractivity contribution in [3.8, 4) is 18.4 Å². The molecule has 86 valence electrons. The summed E-state index contributed by atoms with van der Waals surface area (Å²) >= 11 is 0. The van der Waals surface area contributed by atoms with Crippen LogP contribution in [0.3, 0.4) is 0 Å². The van der Waals surface area contributed by atoms with Crippen LogP contribution < -0.4 is 5.32 Å². The molecule has 1 aromatic carbocycles. The fraction of sp³-hybridized carbons (Fsp3) is 0.0833. The van der Waals surface area contributed by atoms with Crippen molar-refractivity contribution in [2.45, 2.75) is 4.90 Å². The molecule has 0 saturated heterocycles. The number of nitrogens with one attached hydrogen (secondary N) is 1. The van der Waals surface area contributed by atoms with Crippen LogP contribution in [-0.2, 0) is 9.84 Å². The molecule has 0 aliphatic rings. The minimum absolute atomic E-state index is 0.0790. The topological polar surface area (TPSA) is 70.0 Å². The van der Waals surface area contributed by atoms with Gasteiger partial charge in [-0.2, -0.15) is 5.26 Å². The van der Waals surface area contributed by atoms with E-state index in [9.17, 15) is 8.42 Å². The molecule has 1 aromatic rings. The number of nitriles is 1. The summed E-state index contributed by atoms with van der Waals surface area (Å²) in [7, 11) is -3.76. The SMILES string of the molecule is C#CCNC=C(C#N)S(=O)(=O)c1ccccc1. The fourth-order valence-corrected chi connectivity index (χ4v) is 2.23. The van der Waals surface area contributed by atoms with Crippen LogP contribution in [0.15, 0.2) is 46.3 Å². The second-order valence-electron chi connectivity index (χ2n) is 3.02. The average Bonchev–Trinajstić information content (AvgIpc) is 2.35. The molecule has 0 aliphatic carbocycles. The van der Waals surface area contributed by atoms with Crippen LogP contribution in [-0.4, -0.2) is 15.0 Å². The first-order valence-electron chi connectivity index (χ1n) is 4.70. The summed E-state index contributed by atoms with van der Waals surface area (Å²) < 4.78 is 24.0. The third-order valence-electron chi connectivity index (χ3n) is 1.89. The minimum Gasteiger partial charge on any atom is -0.378 e. The molecule has 0 amide bonds. The maximum Gasteiger partial charge on any atom is 0.218 e. The molecule has 4 nitrogen and oxygen atoms in total. The van der Waals surface area contributed by atoms with Crippen LogP contribution >= 0.6 is 0 Å². The van der Waals surface area contributed by atoms with Gasteiger partial charge in [0.25, 0.3) is 0 Å². The van der Waals surface area contributed by atoms with E-state index in [-0.39, 0.29) is 16.3 Å². The summed E-state index contributed by atoms with van der Waals surface area (Å²) in [5, 5.41) is 11.4. The van der Waals surface area contributed by atoms with Crippen molar-refractivity contribution in [1.82, 2.24) is 5.32 Å². The predicted molar refractivity (Wildman–Crippen MR) is 64.2 cm³/mol. The first-order chi connectivity index (χ1) is 8.12. The number of allylic oxidation sites excluding steroid dienone is 1. The molecule has 17 heavy (non-hydrogen) atoms. The van der Waals surface area contributed by atoms with Gasteiger partial charge in [-0.25, -0.2) is 8.42 Å². The molecule has 0 heterocycles. The van der Waals surface area contributed by atoms with E-state index in [4.69, 9.17) is 11.7 Å². The molecule has 0 unspecified atom stereocenters. The van der Waals surface area contributed by atoms with Crippen molar-refractivity contribution < 1.29 is 8.42 Å². The molecule has 0 saturated carbocycles. The molecule has 1 rings (SSSR count). The van der Waals surface area contributed by atoms with Gasteiger partial charge >= 0.3 is 0 Å². The number of hydrogen-bond donors (Lipinski definition) is 1. The lowest BCUT2D eigenvalue weighted by atomic mass is 10.4. The smallest absolute Gasteiger partial charge is 0.218 e. The van der Waals surface area contributed by atoms with Gasteiger partial charge in [-0.3, -0.25) is 0 Å². The summed E-state index contributed by atoms with van der Waals surface area (Å²) in [6, 6.07) is 9.39. The van der Waals surface area contributed by atoms with Crippen molar-refractivity contribution in [3.63, 3.8) is 0 Å². The number of sulfone groups is 1. The first-order valence-corrected chi connectivity index (χ1v) is 6.18. The Balaban J connectivity index is 3.10. The molecule has 0 aliphatic heterocycles. The second-order valence-corrected chi connectivity index (χ2v) is 4.94. The summed E-state index contributed by atoms with van der Waals surface area (Å²) in [5.74, 6) is 2.28. The zero-order valence-corrected chi connectivity index (χ0v) is 9.74. The van der Waals surface area contributed by atoms with Gasteiger partial charge in [0.15, 0.2) is 4.91 Å². The zero-order valence-electron chi connectivity index (χ0n) is 8.92. The molecule has 0 fully saturated rings. The lowest BCUT2D eigenvalue weighted by Gasteiger charge is -2.02. The Kier molecular flexibility index (Phi) is 4.33. The maximum atomic E-state index is 12.0. The van der Waals surface area contributed by atoms with E-state index in [2.05, 4.69) is 11.2 Å². The van der Waals surface area contributed by atoms with E-state index in [1.165, 1.54) is 12.1 Å². The molecule has 0 aromatic heterocycles. The second kappa shape index (κ2) is 5.74. The van der Waals surface area contributed by atoms with Gasteiger partial charge < -0.3 is 5.32 Å². The van der Waals surface area contributed by atoms with Crippen LogP contribution in [0.5, 0.6) is 0 Å². The Bertz CT molecular complexity index is 590. The van der Waals surface area contributed by atoms with Gasteiger partial charge in [-0.15, -0.1) is 6.42 Å². The third-order valence-corrected chi connectivity index (χ3v) is 3.57. The standard InChI is InChI=1S/C12H10N2O2S/c1-2-8-14-10-12(9-13)17(15,16)11-6-4-3-5-7-11/h1,3-7,10,14H,8H2. The maximum absolute atomic E-state index is 12.0. The average molecular weight is 246 g/mol. The normalized spacial score (nSPS) is 11.3. The van der Waals surface area contributed by atoms with Crippen LogP contribution in [0.2, 0.25) is 0 Å². The zero-order chi connectivity index (χ0) is 12.7. The Hall–Kier alpha value is -2.24. The molecule has 5 heteroatoms. The number of hydrogen-bond acceptors (Lipinski definition) is 4. The molecule has 0 radical (unpaired) electrons. The first kappa shape index (κ1) is 12.8. The van der Waals surface area contributed by atoms with Gasteiger partial charge in [-0.1, -0.05) is 24.1 Å². The fourth-order valence-electron chi connectivity index (χ4n) is 1.10. The lowest BCUT2D eigenvalue weighted by molar-refractivity contribution is 0.603. The van der Waals surface area contributed by atoms with Crippen LogP contribution in [0.1, 0.15) is 0 Å². The molecule has 0 atom stereocenters. The predicted octanol–water partition coefficient (Wildman–Crippen LogP) is 1.05. The monoisotopic (exact) mass is 246 g/mol. The molecule has 1 N–H and O–H groups in total. The van der Waals surface area contributed by atoms with Crippen LogP contribution in [0, 0.1) is 23.7 Å². The highest BCUT2D eigenvalue weighted by molar-refractivity contribution is 7.95. The van der Waals surface area contributed by atoms with Crippen LogP contribution in [0.25, 0.3) is 0 Å². The van der Waals surface area contributed by atoms with E-state index >= 15 is 0 Å². The summed E-state index contributed by atoms with van der Waals surface area (Å²) in [5.41, 5.74) is 0. The highest BCUT2D eigenvalue weighted by Gasteiger charge is 2.19. The van der Waals surface area contributed by atoms with Gasteiger partial charge in [0.1, 0.15) is 6.07 Å². The number of rotatable bonds is 4. The van der Waals surface area contributed by atoms with Crippen molar-refractivity contribution in [3.05, 3.63) is 41.4 Å². The number of benzene rings is 1. The number of terminal acetylenes is 1. The highest BCUT2D eigenvalue weighted by atomic mass is 32.2. The minimum atomic E-state index is -3.76. The summed E-state index contributed by atoms with van der Waals surface area (Å²) in [4.78, 5) is -0.283. The van der Waals surface area contributed by atoms with Crippen molar-refractivity contribution in [2.75, 3.05) is 6.54 Å². The van der Waals surface area contributed by atoms with Crippen LogP contribution in [0.4, 0.5) is 0 Å². The summed E-state index contributed by atoms with van der Waals surface area (Å²) in [6.45, 7) is 0.162. The Labute approximate surface area is 100 Å². The van der Waals surface area contributed by atoms with E-state index in [1.807, 2.05) is 0 Å². The van der Waals surface area contributed by atoms with Crippen molar-refractivity contribution >= 4 is 9.84 Å². The largest absolute Gasteiger partial charge is 0.378 e. The highest BCUT2D eigenvalue weighted by Crippen LogP contribution is 2.17. The Morgan fingerprint density at radius 3 is 2.59 bits per heavy atom. The quantitative estimate of drug-likeness (QED) is 0.489. The van der Waals surface area contributed by atoms with Gasteiger partial charge in [0, 0.05) is 6.20 Å². The van der Waals surface area contributed by atoms with E-state index < -0.39 is 9.84 Å². The third kappa shape index (κ3) is 3.10. The molecule has 0 spiro atoms. The van der Waals surface area contributed by atoms with Gasteiger partial charge in [0.05, 0.1) is 11.4 Å².